The Labute approximate surface area is 74.7 Å². The Morgan fingerprint density at radius 3 is 1.55 bits per heavy atom. The Morgan fingerprint density at radius 2 is 1.45 bits per heavy atom. The van der Waals surface area contributed by atoms with E-state index < -0.39 is 0 Å². The first-order valence-electron chi connectivity index (χ1n) is 3.94. The fourth-order valence-electron chi connectivity index (χ4n) is 0.348. The van der Waals surface area contributed by atoms with Crippen molar-refractivity contribution in [1.29, 1.82) is 0 Å². The summed E-state index contributed by atoms with van der Waals surface area (Å²) >= 11 is 0. The van der Waals surface area contributed by atoms with E-state index in [0.29, 0.717) is 0 Å². The van der Waals surface area contributed by atoms with Gasteiger partial charge in [-0.2, -0.15) is 0 Å². The van der Waals surface area contributed by atoms with E-state index >= 15 is 0 Å². The average Bonchev–Trinajstić information content (AvgIpc) is 1.86. The van der Waals surface area contributed by atoms with Gasteiger partial charge in [0.1, 0.15) is 0 Å². The normalized spacial score (nSPS) is 6.09. The van der Waals surface area contributed by atoms with Crippen LogP contribution < -0.4 is 0 Å². The molecule has 0 bridgehead atoms. The Balaban J connectivity index is -0.0000000437. The van der Waals surface area contributed by atoms with Crippen LogP contribution in [-0.2, 0) is 0 Å². The van der Waals surface area contributed by atoms with Gasteiger partial charge in [0, 0.05) is 0 Å². The van der Waals surface area contributed by atoms with Crippen LogP contribution in [0.1, 0.15) is 61.3 Å². The second-order valence-corrected chi connectivity index (χ2v) is 2.14. The highest BCUT2D eigenvalue weighted by atomic mass is 13.8. The van der Waals surface area contributed by atoms with E-state index in [1.165, 1.54) is 25.7 Å². The zero-order valence-electron chi connectivity index (χ0n) is 7.11. The highest BCUT2D eigenvalue weighted by Gasteiger charge is 1.71. The second kappa shape index (κ2) is 33.1. The molecule has 0 heteroatoms. The molecule has 0 amide bonds. The molecule has 72 valence electrons. The first kappa shape index (κ1) is 22.4. The third-order valence-electron chi connectivity index (χ3n) is 0.762. The minimum absolute atomic E-state index is 0. The van der Waals surface area contributed by atoms with Crippen LogP contribution in [0.2, 0.25) is 0 Å². The summed E-state index contributed by atoms with van der Waals surface area (Å²) in [6, 6.07) is 0. The van der Waals surface area contributed by atoms with Crippen molar-refractivity contribution in [2.75, 3.05) is 0 Å². The molecule has 0 rings (SSSR count). The molecule has 0 atom stereocenters. The minimum Gasteiger partial charge on any atom is -0.103 e. The fraction of sp³-hybridized carbons (Fsp3) is 0.818. The third-order valence-corrected chi connectivity index (χ3v) is 0.762. The molecule has 0 saturated carbocycles. The molecule has 0 unspecified atom stereocenters. The predicted molar refractivity (Wildman–Crippen MR) is 59.1 cm³/mol. The van der Waals surface area contributed by atoms with Crippen LogP contribution in [0.5, 0.6) is 0 Å². The number of rotatable bonds is 3. The summed E-state index contributed by atoms with van der Waals surface area (Å²) < 4.78 is 0. The van der Waals surface area contributed by atoms with Crippen molar-refractivity contribution >= 4 is 0 Å². The second-order valence-electron chi connectivity index (χ2n) is 2.14. The minimum atomic E-state index is 0. The van der Waals surface area contributed by atoms with Gasteiger partial charge in [-0.25, -0.2) is 0 Å². The molecular formula is C11H28. The lowest BCUT2D eigenvalue weighted by Crippen LogP contribution is -1.61. The lowest BCUT2D eigenvalue weighted by Gasteiger charge is -1.81. The van der Waals surface area contributed by atoms with Crippen molar-refractivity contribution in [3.05, 3.63) is 12.7 Å². The highest BCUT2D eigenvalue weighted by molar-refractivity contribution is 4.64. The topological polar surface area (TPSA) is 0 Å². The number of hydrogen-bond donors (Lipinski definition) is 0. The Bertz CT molecular complexity index is 37.3. The Kier molecular flexibility index (Phi) is 67.5. The molecule has 0 radical (unpaired) electrons. The summed E-state index contributed by atoms with van der Waals surface area (Å²) in [5.41, 5.74) is 0. The van der Waals surface area contributed by atoms with Crippen LogP contribution in [0.15, 0.2) is 12.7 Å². The van der Waals surface area contributed by atoms with Crippen LogP contribution >= 0.6 is 0 Å². The van der Waals surface area contributed by atoms with E-state index in [1.54, 1.807) is 0 Å². The summed E-state index contributed by atoms with van der Waals surface area (Å²) in [5.74, 6) is 0. The molecular weight excluding hydrogens is 132 g/mol. The van der Waals surface area contributed by atoms with E-state index in [-0.39, 0.29) is 14.9 Å². The lowest BCUT2D eigenvalue weighted by molar-refractivity contribution is 0.816. The van der Waals surface area contributed by atoms with Crippen molar-refractivity contribution in [3.63, 3.8) is 0 Å². The van der Waals surface area contributed by atoms with Crippen LogP contribution in [0.3, 0.4) is 0 Å². The molecule has 0 spiro atoms. The van der Waals surface area contributed by atoms with E-state index in [9.17, 15) is 0 Å². The van der Waals surface area contributed by atoms with Gasteiger partial charge in [-0.05, 0) is 6.42 Å². The van der Waals surface area contributed by atoms with Gasteiger partial charge in [0.05, 0.1) is 0 Å². The smallest absolute Gasteiger partial charge is 0.0354 e. The first-order valence-corrected chi connectivity index (χ1v) is 3.94. The van der Waals surface area contributed by atoms with Gasteiger partial charge in [0.25, 0.3) is 0 Å². The van der Waals surface area contributed by atoms with Crippen molar-refractivity contribution in [2.24, 2.45) is 0 Å². The van der Waals surface area contributed by atoms with Gasteiger partial charge in [-0.1, -0.05) is 61.0 Å². The number of allylic oxidation sites excluding steroid dienone is 1. The molecule has 0 aromatic rings. The summed E-state index contributed by atoms with van der Waals surface area (Å²) in [7, 11) is 0. The average molecular weight is 160 g/mol. The molecule has 0 aliphatic carbocycles. The van der Waals surface area contributed by atoms with Crippen LogP contribution in [-0.4, -0.2) is 0 Å². The molecule has 0 aromatic heterocycles. The molecule has 0 saturated heterocycles. The maximum absolute atomic E-state index is 3.60. The molecule has 0 aromatic carbocycles. The Hall–Kier alpha value is -0.260. The van der Waals surface area contributed by atoms with Gasteiger partial charge >= 0.3 is 0 Å². The van der Waals surface area contributed by atoms with Crippen molar-refractivity contribution < 1.29 is 0 Å². The predicted octanol–water partition coefficient (Wildman–Crippen LogP) is 5.05. The molecule has 0 aliphatic rings. The van der Waals surface area contributed by atoms with Crippen molar-refractivity contribution in [2.45, 2.75) is 61.3 Å². The van der Waals surface area contributed by atoms with E-state index in [0.717, 1.165) is 0 Å². The SMILES string of the molecule is C.C.C=CCCCC.CCC. The maximum Gasteiger partial charge on any atom is -0.0354 e. The molecule has 0 fully saturated rings. The zero-order valence-corrected chi connectivity index (χ0v) is 7.11. The van der Waals surface area contributed by atoms with Crippen LogP contribution in [0, 0.1) is 0 Å². The van der Waals surface area contributed by atoms with Crippen LogP contribution in [0.4, 0.5) is 0 Å². The standard InChI is InChI=1S/C6H12.C3H8.2CH4/c1-3-5-6-4-2;1-3-2;;/h3H,1,4-6H2,2H3;3H2,1-2H3;2*1H4. The molecule has 11 heavy (non-hydrogen) atoms. The maximum atomic E-state index is 3.60. The first-order chi connectivity index (χ1) is 4.33. The highest BCUT2D eigenvalue weighted by Crippen LogP contribution is 1.91. The fourth-order valence-corrected chi connectivity index (χ4v) is 0.348. The van der Waals surface area contributed by atoms with Gasteiger partial charge in [0.2, 0.25) is 0 Å². The summed E-state index contributed by atoms with van der Waals surface area (Å²) in [6.45, 7) is 10.0. The molecule has 0 N–H and O–H groups in total. The molecule has 0 nitrogen and oxygen atoms in total. The van der Waals surface area contributed by atoms with E-state index in [1.807, 2.05) is 6.08 Å². The number of hydrogen-bond acceptors (Lipinski definition) is 0. The summed E-state index contributed by atoms with van der Waals surface area (Å²) in [5, 5.41) is 0. The summed E-state index contributed by atoms with van der Waals surface area (Å²) in [4.78, 5) is 0. The van der Waals surface area contributed by atoms with Gasteiger partial charge < -0.3 is 0 Å². The van der Waals surface area contributed by atoms with Crippen LogP contribution in [0.25, 0.3) is 0 Å². The van der Waals surface area contributed by atoms with Gasteiger partial charge in [-0.3, -0.25) is 0 Å². The van der Waals surface area contributed by atoms with E-state index in [2.05, 4.69) is 27.4 Å². The van der Waals surface area contributed by atoms with Crippen molar-refractivity contribution in [3.8, 4) is 0 Å². The number of unbranched alkanes of at least 4 members (excludes halogenated alkanes) is 2. The van der Waals surface area contributed by atoms with Gasteiger partial charge in [0.15, 0.2) is 0 Å². The quantitative estimate of drug-likeness (QED) is 0.400. The largest absolute Gasteiger partial charge is 0.103 e. The zero-order chi connectivity index (χ0) is 7.54. The molecule has 0 heterocycles. The Morgan fingerprint density at radius 1 is 1.09 bits per heavy atom. The van der Waals surface area contributed by atoms with Crippen molar-refractivity contribution in [1.82, 2.24) is 0 Å². The van der Waals surface area contributed by atoms with Gasteiger partial charge in [-0.15, -0.1) is 6.58 Å². The van der Waals surface area contributed by atoms with E-state index in [4.69, 9.17) is 0 Å². The summed E-state index contributed by atoms with van der Waals surface area (Å²) in [6.07, 6.45) is 6.97. The molecule has 0 aliphatic heterocycles. The third kappa shape index (κ3) is 77.7. The lowest BCUT2D eigenvalue weighted by atomic mass is 10.3. The monoisotopic (exact) mass is 160 g/mol.